The first-order chi connectivity index (χ1) is 9.55. The van der Waals surface area contributed by atoms with Gasteiger partial charge in [-0.3, -0.25) is 4.79 Å². The number of carbonyl (C=O) groups is 1. The molecule has 1 saturated heterocycles. The zero-order valence-corrected chi connectivity index (χ0v) is 12.3. The molecule has 0 aliphatic carbocycles. The lowest BCUT2D eigenvalue weighted by atomic mass is 9.89. The molecule has 1 aliphatic rings. The molecule has 0 bridgehead atoms. The summed E-state index contributed by atoms with van der Waals surface area (Å²) in [6, 6.07) is 9.59. The summed E-state index contributed by atoms with van der Waals surface area (Å²) in [4.78, 5) is 14.5. The molecule has 1 aromatic carbocycles. The lowest BCUT2D eigenvalue weighted by Crippen LogP contribution is -2.53. The van der Waals surface area contributed by atoms with Crippen molar-refractivity contribution in [1.82, 2.24) is 4.90 Å². The van der Waals surface area contributed by atoms with Crippen molar-refractivity contribution in [3.05, 3.63) is 35.9 Å². The molecule has 0 aromatic heterocycles. The summed E-state index contributed by atoms with van der Waals surface area (Å²) in [6.45, 7) is 4.12. The second-order valence-corrected chi connectivity index (χ2v) is 5.76. The van der Waals surface area contributed by atoms with Gasteiger partial charge in [-0.25, -0.2) is 0 Å². The van der Waals surface area contributed by atoms with Gasteiger partial charge in [0.15, 0.2) is 0 Å². The highest BCUT2D eigenvalue weighted by Gasteiger charge is 2.35. The van der Waals surface area contributed by atoms with E-state index in [0.29, 0.717) is 5.92 Å². The molecule has 20 heavy (non-hydrogen) atoms. The van der Waals surface area contributed by atoms with Crippen molar-refractivity contribution in [1.29, 1.82) is 0 Å². The van der Waals surface area contributed by atoms with Crippen molar-refractivity contribution in [3.63, 3.8) is 0 Å². The summed E-state index contributed by atoms with van der Waals surface area (Å²) in [6.07, 6.45) is 1.98. The Labute approximate surface area is 120 Å². The van der Waals surface area contributed by atoms with E-state index in [1.165, 1.54) is 0 Å². The molecule has 0 radical (unpaired) electrons. The number of likely N-dealkylation sites (tertiary alicyclic amines) is 1. The van der Waals surface area contributed by atoms with E-state index in [4.69, 9.17) is 10.5 Å². The molecule has 1 amide bonds. The van der Waals surface area contributed by atoms with Crippen molar-refractivity contribution in [3.8, 4) is 0 Å². The van der Waals surface area contributed by atoms with Gasteiger partial charge in [0.25, 0.3) is 0 Å². The fourth-order valence-electron chi connectivity index (χ4n) is 2.77. The van der Waals surface area contributed by atoms with E-state index >= 15 is 0 Å². The number of nitrogens with two attached hydrogens (primary N) is 1. The van der Waals surface area contributed by atoms with E-state index in [9.17, 15) is 4.79 Å². The highest BCUT2D eigenvalue weighted by atomic mass is 16.5. The van der Waals surface area contributed by atoms with E-state index in [2.05, 4.69) is 0 Å². The average Bonchev–Trinajstić information content (AvgIpc) is 2.48. The van der Waals surface area contributed by atoms with Gasteiger partial charge in [0.1, 0.15) is 5.54 Å². The molecular formula is C16H24N2O2. The standard InChI is InChI=1S/C16H24N2O2/c1-16(17,14-6-4-3-5-7-14)15(19)18-10-8-13(9-11-18)12-20-2/h3-7,13H,8-12,17H2,1-2H3. The maximum atomic E-state index is 12.7. The molecule has 0 spiro atoms. The molecule has 1 atom stereocenters. The van der Waals surface area contributed by atoms with E-state index < -0.39 is 5.54 Å². The molecule has 110 valence electrons. The van der Waals surface area contributed by atoms with Crippen LogP contribution in [0.5, 0.6) is 0 Å². The van der Waals surface area contributed by atoms with Gasteiger partial charge in [0, 0.05) is 26.8 Å². The van der Waals surface area contributed by atoms with Crippen LogP contribution in [0, 0.1) is 5.92 Å². The first kappa shape index (κ1) is 15.0. The molecule has 1 aliphatic heterocycles. The van der Waals surface area contributed by atoms with Gasteiger partial charge in [-0.1, -0.05) is 30.3 Å². The summed E-state index contributed by atoms with van der Waals surface area (Å²) in [5, 5.41) is 0. The summed E-state index contributed by atoms with van der Waals surface area (Å²) in [5.41, 5.74) is 6.21. The average molecular weight is 276 g/mol. The predicted molar refractivity (Wildman–Crippen MR) is 79.2 cm³/mol. The Morgan fingerprint density at radius 3 is 2.50 bits per heavy atom. The molecule has 1 aromatic rings. The van der Waals surface area contributed by atoms with Gasteiger partial charge in [-0.15, -0.1) is 0 Å². The van der Waals surface area contributed by atoms with Crippen molar-refractivity contribution in [2.45, 2.75) is 25.3 Å². The summed E-state index contributed by atoms with van der Waals surface area (Å²) in [5.74, 6) is 0.573. The van der Waals surface area contributed by atoms with Gasteiger partial charge in [0.05, 0.1) is 0 Å². The molecule has 1 unspecified atom stereocenters. The van der Waals surface area contributed by atoms with Crippen LogP contribution >= 0.6 is 0 Å². The lowest BCUT2D eigenvalue weighted by molar-refractivity contribution is -0.138. The minimum absolute atomic E-state index is 0.0135. The Kier molecular flexibility index (Phi) is 4.78. The molecule has 2 N–H and O–H groups in total. The number of nitrogens with zero attached hydrogens (tertiary/aromatic N) is 1. The molecule has 1 heterocycles. The number of hydrogen-bond donors (Lipinski definition) is 1. The Bertz CT molecular complexity index is 437. The Hall–Kier alpha value is -1.39. The predicted octanol–water partition coefficient (Wildman–Crippen LogP) is 1.75. The van der Waals surface area contributed by atoms with Crippen LogP contribution in [-0.2, 0) is 15.1 Å². The van der Waals surface area contributed by atoms with Gasteiger partial charge in [-0.2, -0.15) is 0 Å². The van der Waals surface area contributed by atoms with Crippen LogP contribution in [0.1, 0.15) is 25.3 Å². The highest BCUT2D eigenvalue weighted by molar-refractivity contribution is 5.87. The summed E-state index contributed by atoms with van der Waals surface area (Å²) < 4.78 is 5.19. The van der Waals surface area contributed by atoms with E-state index in [-0.39, 0.29) is 5.91 Å². The van der Waals surface area contributed by atoms with Crippen LogP contribution in [0.3, 0.4) is 0 Å². The maximum absolute atomic E-state index is 12.7. The summed E-state index contributed by atoms with van der Waals surface area (Å²) in [7, 11) is 1.73. The number of methoxy groups -OCH3 is 1. The van der Waals surface area contributed by atoms with E-state index in [0.717, 1.165) is 38.1 Å². The first-order valence-electron chi connectivity index (χ1n) is 7.18. The number of carbonyl (C=O) groups excluding carboxylic acids is 1. The Morgan fingerprint density at radius 2 is 1.95 bits per heavy atom. The number of benzene rings is 1. The van der Waals surface area contributed by atoms with Crippen LogP contribution < -0.4 is 5.73 Å². The molecule has 0 saturated carbocycles. The van der Waals surface area contributed by atoms with Gasteiger partial charge in [0.2, 0.25) is 5.91 Å². The van der Waals surface area contributed by atoms with Gasteiger partial charge in [-0.05, 0) is 31.2 Å². The lowest BCUT2D eigenvalue weighted by Gasteiger charge is -2.36. The van der Waals surface area contributed by atoms with E-state index in [1.807, 2.05) is 35.2 Å². The highest BCUT2D eigenvalue weighted by Crippen LogP contribution is 2.24. The quantitative estimate of drug-likeness (QED) is 0.911. The van der Waals surface area contributed by atoms with Gasteiger partial charge < -0.3 is 15.4 Å². The number of piperidine rings is 1. The van der Waals surface area contributed by atoms with Crippen LogP contribution in [0.25, 0.3) is 0 Å². The largest absolute Gasteiger partial charge is 0.384 e. The smallest absolute Gasteiger partial charge is 0.246 e. The van der Waals surface area contributed by atoms with Crippen molar-refractivity contribution >= 4 is 5.91 Å². The molecule has 4 heteroatoms. The maximum Gasteiger partial charge on any atom is 0.246 e. The fraction of sp³-hybridized carbons (Fsp3) is 0.562. The number of rotatable bonds is 4. The first-order valence-corrected chi connectivity index (χ1v) is 7.18. The monoisotopic (exact) mass is 276 g/mol. The van der Waals surface area contributed by atoms with E-state index in [1.54, 1.807) is 14.0 Å². The SMILES string of the molecule is COCC1CCN(C(=O)C(C)(N)c2ccccc2)CC1. The molecule has 1 fully saturated rings. The van der Waals surface area contributed by atoms with Crippen LogP contribution in [-0.4, -0.2) is 37.6 Å². The number of amides is 1. The zero-order chi connectivity index (χ0) is 14.6. The topological polar surface area (TPSA) is 55.6 Å². The van der Waals surface area contributed by atoms with Crippen molar-refractivity contribution < 1.29 is 9.53 Å². The van der Waals surface area contributed by atoms with Crippen LogP contribution in [0.2, 0.25) is 0 Å². The third-order valence-electron chi connectivity index (χ3n) is 4.12. The third-order valence-corrected chi connectivity index (χ3v) is 4.12. The van der Waals surface area contributed by atoms with Crippen molar-refractivity contribution in [2.24, 2.45) is 11.7 Å². The zero-order valence-electron chi connectivity index (χ0n) is 12.3. The fourth-order valence-corrected chi connectivity index (χ4v) is 2.77. The second kappa shape index (κ2) is 6.37. The molecule has 4 nitrogen and oxygen atoms in total. The normalized spacial score (nSPS) is 19.6. The second-order valence-electron chi connectivity index (χ2n) is 5.76. The third kappa shape index (κ3) is 3.19. The Balaban J connectivity index is 2.01. The molecule has 2 rings (SSSR count). The van der Waals surface area contributed by atoms with Gasteiger partial charge >= 0.3 is 0 Å². The molecular weight excluding hydrogens is 252 g/mol. The summed E-state index contributed by atoms with van der Waals surface area (Å²) >= 11 is 0. The number of ether oxygens (including phenoxy) is 1. The number of hydrogen-bond acceptors (Lipinski definition) is 3. The minimum atomic E-state index is -0.949. The van der Waals surface area contributed by atoms with Crippen LogP contribution in [0.4, 0.5) is 0 Å². The van der Waals surface area contributed by atoms with Crippen molar-refractivity contribution in [2.75, 3.05) is 26.8 Å². The minimum Gasteiger partial charge on any atom is -0.384 e. The Morgan fingerprint density at radius 1 is 1.35 bits per heavy atom. The van der Waals surface area contributed by atoms with Crippen LogP contribution in [0.15, 0.2) is 30.3 Å².